The highest BCUT2D eigenvalue weighted by Gasteiger charge is 2.20. The molecule has 0 radical (unpaired) electrons. The van der Waals surface area contributed by atoms with Crippen molar-refractivity contribution in [2.75, 3.05) is 18.1 Å². The Labute approximate surface area is 138 Å². The van der Waals surface area contributed by atoms with E-state index in [2.05, 4.69) is 20.8 Å². The molecule has 1 nitrogen and oxygen atoms in total. The van der Waals surface area contributed by atoms with Crippen molar-refractivity contribution < 1.29 is 4.57 Å². The molecule has 0 aliphatic rings. The summed E-state index contributed by atoms with van der Waals surface area (Å²) in [4.78, 5) is 0. The van der Waals surface area contributed by atoms with Crippen LogP contribution in [0.1, 0.15) is 97.8 Å². The van der Waals surface area contributed by atoms with Gasteiger partial charge in [0.25, 0.3) is 0 Å². The molecule has 0 aliphatic heterocycles. The summed E-state index contributed by atoms with van der Waals surface area (Å²) in [5.74, 6) is 1.02. The number of hydrogen-bond donors (Lipinski definition) is 0. The molecular formula is C18H39OPS. The maximum atomic E-state index is 13.0. The van der Waals surface area contributed by atoms with Crippen LogP contribution in [0.15, 0.2) is 0 Å². The van der Waals surface area contributed by atoms with Crippen LogP contribution >= 0.6 is 17.7 Å². The average Bonchev–Trinajstić information content (AvgIpc) is 2.47. The zero-order valence-corrected chi connectivity index (χ0v) is 16.6. The molecule has 0 fully saturated rings. The third kappa shape index (κ3) is 13.9. The quantitative estimate of drug-likeness (QED) is 0.212. The van der Waals surface area contributed by atoms with Gasteiger partial charge in [-0.05, 0) is 18.6 Å². The number of hydrogen-bond acceptors (Lipinski definition) is 2. The predicted molar refractivity (Wildman–Crippen MR) is 102 cm³/mol. The highest BCUT2D eigenvalue weighted by Crippen LogP contribution is 2.59. The lowest BCUT2D eigenvalue weighted by atomic mass is 10.1. The average molecular weight is 335 g/mol. The Morgan fingerprint density at radius 2 is 1.00 bits per heavy atom. The largest absolute Gasteiger partial charge is 0.312 e. The van der Waals surface area contributed by atoms with Crippen LogP contribution in [-0.4, -0.2) is 18.1 Å². The maximum absolute atomic E-state index is 13.0. The molecule has 3 heteroatoms. The first-order chi connectivity index (χ1) is 10.2. The lowest BCUT2D eigenvalue weighted by Crippen LogP contribution is -1.95. The molecule has 0 aromatic heterocycles. The Kier molecular flexibility index (Phi) is 15.9. The second-order valence-corrected chi connectivity index (χ2v) is 12.3. The van der Waals surface area contributed by atoms with Crippen LogP contribution in [0.3, 0.4) is 0 Å². The van der Waals surface area contributed by atoms with E-state index in [1.54, 1.807) is 11.4 Å². The smallest absolute Gasteiger partial charge is 0.139 e. The normalized spacial score (nSPS) is 12.0. The second kappa shape index (κ2) is 15.5. The molecule has 0 aromatic carbocycles. The topological polar surface area (TPSA) is 17.1 Å². The minimum absolute atomic E-state index is 0.993. The Morgan fingerprint density at radius 1 is 0.619 bits per heavy atom. The van der Waals surface area contributed by atoms with Gasteiger partial charge in [0.05, 0.1) is 0 Å². The molecule has 0 saturated carbocycles. The summed E-state index contributed by atoms with van der Waals surface area (Å²) < 4.78 is 13.0. The van der Waals surface area contributed by atoms with E-state index in [9.17, 15) is 4.57 Å². The lowest BCUT2D eigenvalue weighted by Gasteiger charge is -2.17. The summed E-state index contributed by atoms with van der Waals surface area (Å²) in [6.45, 7) is 6.67. The minimum Gasteiger partial charge on any atom is -0.312 e. The molecule has 0 rings (SSSR count). The molecule has 0 saturated heterocycles. The molecule has 0 N–H and O–H groups in total. The van der Waals surface area contributed by atoms with Crippen LogP contribution in [0.4, 0.5) is 0 Å². The van der Waals surface area contributed by atoms with E-state index in [-0.39, 0.29) is 0 Å². The highest BCUT2D eigenvalue weighted by atomic mass is 32.7. The van der Waals surface area contributed by atoms with Gasteiger partial charge < -0.3 is 4.57 Å². The summed E-state index contributed by atoms with van der Waals surface area (Å²) in [5.41, 5.74) is 0. The molecule has 0 amide bonds. The van der Waals surface area contributed by atoms with Crippen LogP contribution < -0.4 is 0 Å². The van der Waals surface area contributed by atoms with E-state index in [0.717, 1.165) is 18.1 Å². The van der Waals surface area contributed by atoms with E-state index in [4.69, 9.17) is 0 Å². The standard InChI is InChI=1S/C18H39OPS/c1-4-7-9-11-13-15-17-20(19,21-6-3)18-16-14-12-10-8-5-2/h4-18H2,1-3H3. The monoisotopic (exact) mass is 334 g/mol. The van der Waals surface area contributed by atoms with E-state index in [1.165, 1.54) is 77.0 Å². The lowest BCUT2D eigenvalue weighted by molar-refractivity contribution is 0.571. The maximum Gasteiger partial charge on any atom is 0.139 e. The summed E-state index contributed by atoms with van der Waals surface area (Å²) in [6, 6.07) is 0. The SMILES string of the molecule is CCCCCCCCP(=O)(CCCCCCCC)SCC. The fourth-order valence-electron chi connectivity index (χ4n) is 2.74. The van der Waals surface area contributed by atoms with Crippen molar-refractivity contribution in [2.45, 2.75) is 97.8 Å². The van der Waals surface area contributed by atoms with Gasteiger partial charge in [0, 0.05) is 12.3 Å². The van der Waals surface area contributed by atoms with Gasteiger partial charge >= 0.3 is 0 Å². The molecule has 0 unspecified atom stereocenters. The van der Waals surface area contributed by atoms with E-state index < -0.39 is 6.34 Å². The van der Waals surface area contributed by atoms with Gasteiger partial charge in [-0.15, -0.1) is 0 Å². The number of unbranched alkanes of at least 4 members (excludes halogenated alkanes) is 10. The molecule has 0 spiro atoms. The fourth-order valence-corrected chi connectivity index (χ4v) is 8.07. The van der Waals surface area contributed by atoms with Crippen LogP contribution in [0.5, 0.6) is 0 Å². The first-order valence-corrected chi connectivity index (χ1v) is 13.1. The van der Waals surface area contributed by atoms with Gasteiger partial charge in [-0.2, -0.15) is 0 Å². The summed E-state index contributed by atoms with van der Waals surface area (Å²) in [5, 5.41) is 0. The third-order valence-electron chi connectivity index (χ3n) is 4.07. The molecule has 21 heavy (non-hydrogen) atoms. The molecule has 128 valence electrons. The van der Waals surface area contributed by atoms with Crippen LogP contribution in [-0.2, 0) is 4.57 Å². The van der Waals surface area contributed by atoms with Gasteiger partial charge in [0.1, 0.15) is 6.34 Å². The van der Waals surface area contributed by atoms with Gasteiger partial charge in [-0.1, -0.05) is 96.4 Å². The van der Waals surface area contributed by atoms with Crippen LogP contribution in [0.25, 0.3) is 0 Å². The molecule has 0 aromatic rings. The first-order valence-electron chi connectivity index (χ1n) is 9.41. The Morgan fingerprint density at radius 3 is 1.38 bits per heavy atom. The summed E-state index contributed by atoms with van der Waals surface area (Å²) in [7, 11) is 0. The summed E-state index contributed by atoms with van der Waals surface area (Å²) in [6.07, 6.45) is 15.7. The zero-order valence-electron chi connectivity index (χ0n) is 14.9. The Bertz CT molecular complexity index is 236. The first kappa shape index (κ1) is 21.6. The predicted octanol–water partition coefficient (Wildman–Crippen LogP) is 7.74. The third-order valence-corrected chi connectivity index (χ3v) is 10.1. The zero-order chi connectivity index (χ0) is 15.8. The van der Waals surface area contributed by atoms with E-state index >= 15 is 0 Å². The van der Waals surface area contributed by atoms with Crippen molar-refractivity contribution in [3.8, 4) is 0 Å². The molecule has 0 bridgehead atoms. The van der Waals surface area contributed by atoms with Crippen molar-refractivity contribution in [3.63, 3.8) is 0 Å². The van der Waals surface area contributed by atoms with Crippen molar-refractivity contribution in [3.05, 3.63) is 0 Å². The van der Waals surface area contributed by atoms with Gasteiger partial charge in [0.15, 0.2) is 0 Å². The molecular weight excluding hydrogens is 295 g/mol. The molecule has 0 heterocycles. The number of rotatable bonds is 16. The summed E-state index contributed by atoms with van der Waals surface area (Å²) >= 11 is 1.77. The van der Waals surface area contributed by atoms with Gasteiger partial charge in [0.2, 0.25) is 0 Å². The van der Waals surface area contributed by atoms with E-state index in [0.29, 0.717) is 0 Å². The van der Waals surface area contributed by atoms with Crippen molar-refractivity contribution >= 4 is 17.7 Å². The van der Waals surface area contributed by atoms with Crippen LogP contribution in [0.2, 0.25) is 0 Å². The van der Waals surface area contributed by atoms with Crippen molar-refractivity contribution in [2.24, 2.45) is 0 Å². The highest BCUT2D eigenvalue weighted by molar-refractivity contribution is 8.58. The fraction of sp³-hybridized carbons (Fsp3) is 1.00. The van der Waals surface area contributed by atoms with Gasteiger partial charge in [-0.3, -0.25) is 0 Å². The Hall–Kier alpha value is 0.580. The minimum atomic E-state index is -1.91. The Balaban J connectivity index is 3.76. The van der Waals surface area contributed by atoms with E-state index in [1.807, 2.05) is 0 Å². The van der Waals surface area contributed by atoms with Gasteiger partial charge in [-0.25, -0.2) is 0 Å². The van der Waals surface area contributed by atoms with Crippen molar-refractivity contribution in [1.29, 1.82) is 0 Å². The second-order valence-electron chi connectivity index (χ2n) is 6.22. The molecule has 0 atom stereocenters. The van der Waals surface area contributed by atoms with Crippen molar-refractivity contribution in [1.82, 2.24) is 0 Å². The molecule has 0 aliphatic carbocycles. The van der Waals surface area contributed by atoms with Crippen LogP contribution in [0, 0.1) is 0 Å².